The second kappa shape index (κ2) is 5.33. The van der Waals surface area contributed by atoms with E-state index in [1.165, 1.54) is 19.3 Å². The van der Waals surface area contributed by atoms with Crippen LogP contribution in [0.2, 0.25) is 0 Å². The van der Waals surface area contributed by atoms with Crippen molar-refractivity contribution >= 4 is 5.97 Å². The van der Waals surface area contributed by atoms with Crippen molar-refractivity contribution in [1.82, 2.24) is 9.78 Å². The van der Waals surface area contributed by atoms with Gasteiger partial charge in [-0.3, -0.25) is 4.68 Å². The number of aromatic nitrogens is 2. The van der Waals surface area contributed by atoms with E-state index in [1.807, 2.05) is 4.68 Å². The first-order chi connectivity index (χ1) is 9.25. The molecule has 1 aliphatic heterocycles. The minimum Gasteiger partial charge on any atom is -0.478 e. The van der Waals surface area contributed by atoms with Crippen molar-refractivity contribution in [3.8, 4) is 0 Å². The third kappa shape index (κ3) is 2.52. The molecule has 5 heteroatoms. The number of hydrogen-bond donors (Lipinski definition) is 1. The fourth-order valence-corrected chi connectivity index (χ4v) is 3.15. The van der Waals surface area contributed by atoms with Crippen LogP contribution in [0.3, 0.4) is 0 Å². The number of ether oxygens (including phenoxy) is 1. The van der Waals surface area contributed by atoms with E-state index in [2.05, 4.69) is 5.10 Å². The molecule has 1 aromatic rings. The van der Waals surface area contributed by atoms with Crippen molar-refractivity contribution in [2.24, 2.45) is 0 Å². The first-order valence-electron chi connectivity index (χ1n) is 7.16. The smallest absolute Gasteiger partial charge is 0.339 e. The van der Waals surface area contributed by atoms with Crippen LogP contribution in [-0.2, 0) is 4.74 Å². The zero-order valence-corrected chi connectivity index (χ0v) is 11.0. The molecule has 1 N–H and O–H groups in total. The molecule has 1 aromatic heterocycles. The van der Waals surface area contributed by atoms with Gasteiger partial charge in [-0.2, -0.15) is 5.10 Å². The lowest BCUT2D eigenvalue weighted by molar-refractivity contribution is 0.0695. The van der Waals surface area contributed by atoms with E-state index >= 15 is 0 Å². The summed E-state index contributed by atoms with van der Waals surface area (Å²) in [6.07, 6.45) is 8.55. The average molecular weight is 264 g/mol. The fourth-order valence-electron chi connectivity index (χ4n) is 3.15. The van der Waals surface area contributed by atoms with E-state index in [1.54, 1.807) is 6.20 Å². The van der Waals surface area contributed by atoms with Crippen molar-refractivity contribution < 1.29 is 14.6 Å². The molecule has 0 radical (unpaired) electrons. The third-order valence-electron chi connectivity index (χ3n) is 4.26. The van der Waals surface area contributed by atoms with Crippen LogP contribution in [-0.4, -0.2) is 34.1 Å². The third-order valence-corrected chi connectivity index (χ3v) is 4.26. The Balaban J connectivity index is 1.89. The second-order valence-corrected chi connectivity index (χ2v) is 5.57. The van der Waals surface area contributed by atoms with Gasteiger partial charge in [0.1, 0.15) is 5.56 Å². The molecule has 5 nitrogen and oxygen atoms in total. The molecular weight excluding hydrogens is 244 g/mol. The molecule has 0 spiro atoms. The predicted octanol–water partition coefficient (Wildman–Crippen LogP) is 2.59. The van der Waals surface area contributed by atoms with Crippen LogP contribution in [0.25, 0.3) is 0 Å². The molecule has 1 saturated heterocycles. The summed E-state index contributed by atoms with van der Waals surface area (Å²) in [5, 5.41) is 13.9. The maximum absolute atomic E-state index is 11.4. The molecule has 1 unspecified atom stereocenters. The molecular formula is C14H20N2O3. The highest BCUT2D eigenvalue weighted by Gasteiger charge is 2.28. The minimum atomic E-state index is -0.871. The maximum atomic E-state index is 11.4. The lowest BCUT2D eigenvalue weighted by Crippen LogP contribution is -2.14. The Kier molecular flexibility index (Phi) is 3.55. The normalized spacial score (nSPS) is 24.7. The van der Waals surface area contributed by atoms with E-state index in [0.29, 0.717) is 24.8 Å². The van der Waals surface area contributed by atoms with Crippen molar-refractivity contribution in [1.29, 1.82) is 0 Å². The zero-order chi connectivity index (χ0) is 13.2. The molecule has 1 aliphatic carbocycles. The lowest BCUT2D eigenvalue weighted by atomic mass is 9.96. The van der Waals surface area contributed by atoms with Gasteiger partial charge in [0.25, 0.3) is 0 Å². The van der Waals surface area contributed by atoms with Gasteiger partial charge in [0.15, 0.2) is 0 Å². The van der Waals surface area contributed by atoms with E-state index in [9.17, 15) is 9.90 Å². The standard InChI is InChI=1S/C14H20N2O3/c17-14(18)12-8-16(11-4-2-1-3-5-11)15-13(12)10-6-7-19-9-10/h8,10-11H,1-7,9H2,(H,17,18). The summed E-state index contributed by atoms with van der Waals surface area (Å²) in [6, 6.07) is 0.378. The van der Waals surface area contributed by atoms with Crippen molar-refractivity contribution in [2.45, 2.75) is 50.5 Å². The number of rotatable bonds is 3. The molecule has 104 valence electrons. The Morgan fingerprint density at radius 3 is 2.74 bits per heavy atom. The number of carboxylic acids is 1. The van der Waals surface area contributed by atoms with Gasteiger partial charge >= 0.3 is 5.97 Å². The number of carbonyl (C=O) groups is 1. The number of carboxylic acid groups (broad SMARTS) is 1. The van der Waals surface area contributed by atoms with Crippen molar-refractivity contribution in [3.63, 3.8) is 0 Å². The summed E-state index contributed by atoms with van der Waals surface area (Å²) in [5.41, 5.74) is 1.08. The molecule has 2 fully saturated rings. The molecule has 1 saturated carbocycles. The van der Waals surface area contributed by atoms with Crippen molar-refractivity contribution in [2.75, 3.05) is 13.2 Å². The van der Waals surface area contributed by atoms with Gasteiger partial charge in [-0.05, 0) is 19.3 Å². The Morgan fingerprint density at radius 1 is 1.32 bits per heavy atom. The largest absolute Gasteiger partial charge is 0.478 e. The summed E-state index contributed by atoms with van der Waals surface area (Å²) < 4.78 is 7.26. The van der Waals surface area contributed by atoms with Crippen LogP contribution in [0.1, 0.15) is 66.5 Å². The molecule has 0 aromatic carbocycles. The maximum Gasteiger partial charge on any atom is 0.339 e. The summed E-state index contributed by atoms with van der Waals surface area (Å²) in [5.74, 6) is -0.722. The average Bonchev–Trinajstić information content (AvgIpc) is 3.08. The summed E-state index contributed by atoms with van der Waals surface area (Å²) in [4.78, 5) is 11.4. The first-order valence-corrected chi connectivity index (χ1v) is 7.16. The zero-order valence-electron chi connectivity index (χ0n) is 11.0. The van der Waals surface area contributed by atoms with Crippen LogP contribution >= 0.6 is 0 Å². The van der Waals surface area contributed by atoms with E-state index in [-0.39, 0.29) is 5.92 Å². The quantitative estimate of drug-likeness (QED) is 0.911. The van der Waals surface area contributed by atoms with E-state index < -0.39 is 5.97 Å². The van der Waals surface area contributed by atoms with Crippen molar-refractivity contribution in [3.05, 3.63) is 17.5 Å². The predicted molar refractivity (Wildman–Crippen MR) is 69.5 cm³/mol. The molecule has 0 bridgehead atoms. The Labute approximate surface area is 112 Å². The second-order valence-electron chi connectivity index (χ2n) is 5.57. The number of aromatic carboxylic acids is 1. The molecule has 2 heterocycles. The molecule has 0 amide bonds. The van der Waals surface area contributed by atoms with Gasteiger partial charge in [-0.1, -0.05) is 19.3 Å². The van der Waals surface area contributed by atoms with Crippen LogP contribution in [0.5, 0.6) is 0 Å². The molecule has 19 heavy (non-hydrogen) atoms. The summed E-state index contributed by atoms with van der Waals surface area (Å²) in [7, 11) is 0. The Hall–Kier alpha value is -1.36. The van der Waals surface area contributed by atoms with Gasteiger partial charge in [0, 0.05) is 18.7 Å². The fraction of sp³-hybridized carbons (Fsp3) is 0.714. The van der Waals surface area contributed by atoms with Crippen LogP contribution in [0.15, 0.2) is 6.20 Å². The van der Waals surface area contributed by atoms with Gasteiger partial charge in [0.2, 0.25) is 0 Å². The monoisotopic (exact) mass is 264 g/mol. The van der Waals surface area contributed by atoms with Gasteiger partial charge < -0.3 is 9.84 Å². The highest BCUT2D eigenvalue weighted by Crippen LogP contribution is 2.31. The topological polar surface area (TPSA) is 64.3 Å². The number of nitrogens with zero attached hydrogens (tertiary/aromatic N) is 2. The molecule has 3 rings (SSSR count). The van der Waals surface area contributed by atoms with Crippen LogP contribution < -0.4 is 0 Å². The number of hydrogen-bond acceptors (Lipinski definition) is 3. The highest BCUT2D eigenvalue weighted by atomic mass is 16.5. The Morgan fingerprint density at radius 2 is 2.11 bits per heavy atom. The van der Waals surface area contributed by atoms with E-state index in [4.69, 9.17) is 4.74 Å². The van der Waals surface area contributed by atoms with Gasteiger partial charge in [-0.25, -0.2) is 4.79 Å². The van der Waals surface area contributed by atoms with Gasteiger partial charge in [0.05, 0.1) is 18.3 Å². The molecule has 1 atom stereocenters. The Bertz CT molecular complexity index is 457. The molecule has 2 aliphatic rings. The lowest BCUT2D eigenvalue weighted by Gasteiger charge is -2.21. The van der Waals surface area contributed by atoms with Gasteiger partial charge in [-0.15, -0.1) is 0 Å². The first kappa shape index (κ1) is 12.7. The van der Waals surface area contributed by atoms with Crippen LogP contribution in [0.4, 0.5) is 0 Å². The summed E-state index contributed by atoms with van der Waals surface area (Å²) >= 11 is 0. The SMILES string of the molecule is O=C(O)c1cn(C2CCCCC2)nc1C1CCOC1. The minimum absolute atomic E-state index is 0.149. The van der Waals surface area contributed by atoms with E-state index in [0.717, 1.165) is 25.0 Å². The van der Waals surface area contributed by atoms with Crippen LogP contribution in [0, 0.1) is 0 Å². The highest BCUT2D eigenvalue weighted by molar-refractivity contribution is 5.88. The summed E-state index contributed by atoms with van der Waals surface area (Å²) in [6.45, 7) is 1.31.